The Morgan fingerprint density at radius 2 is 0.731 bits per heavy atom. The molecule has 1 aliphatic heterocycles. The van der Waals surface area contributed by atoms with Crippen LogP contribution in [0.1, 0.15) is 6.92 Å². The van der Waals surface area contributed by atoms with E-state index in [0.29, 0.717) is 28.7 Å². The molecule has 7 rings (SSSR count). The highest BCUT2D eigenvalue weighted by atomic mass is 31.3. The average molecular weight is 754 g/mol. The number of para-hydroxylation sites is 5. The molecule has 0 radical (unpaired) electrons. The number of nitrogens with zero attached hydrogens (tertiary/aromatic N) is 3. The van der Waals surface area contributed by atoms with Crippen LogP contribution in [-0.2, 0) is 0 Å². The molecule has 11 nitrogen and oxygen atoms in total. The van der Waals surface area contributed by atoms with Crippen LogP contribution in [0.4, 0.5) is 0 Å². The maximum Gasteiger partial charge on any atom is 0.459 e. The first kappa shape index (κ1) is 34.8. The van der Waals surface area contributed by atoms with Crippen LogP contribution >= 0.6 is 22.8 Å². The molecule has 0 fully saturated rings. The first-order valence-corrected chi connectivity index (χ1v) is 20.9. The number of rotatable bonds is 12. The van der Waals surface area contributed by atoms with E-state index in [4.69, 9.17) is 40.9 Å². The minimum atomic E-state index is -4.21. The average Bonchev–Trinajstić information content (AvgIpc) is 3.21. The van der Waals surface area contributed by atoms with Crippen molar-refractivity contribution in [1.29, 1.82) is 0 Å². The molecule has 2 N–H and O–H groups in total. The predicted octanol–water partition coefficient (Wildman–Crippen LogP) is 12.2. The molecule has 2 atom stereocenters. The van der Waals surface area contributed by atoms with E-state index < -0.39 is 28.6 Å². The maximum atomic E-state index is 10.5. The summed E-state index contributed by atoms with van der Waals surface area (Å²) in [5.74, 6) is 0.649. The minimum Gasteiger partial charge on any atom is -0.508 e. The second kappa shape index (κ2) is 15.3. The van der Waals surface area contributed by atoms with E-state index in [0.717, 1.165) is 0 Å². The third-order valence-corrected chi connectivity index (χ3v) is 15.5. The number of aromatic hydroxyl groups is 2. The Kier molecular flexibility index (Phi) is 10.3. The molecule has 0 bridgehead atoms. The predicted molar refractivity (Wildman–Crippen MR) is 203 cm³/mol. The molecule has 0 aliphatic carbocycles. The molecular weight excluding hydrogens is 719 g/mol. The van der Waals surface area contributed by atoms with E-state index in [-0.39, 0.29) is 17.2 Å². The highest BCUT2D eigenvalue weighted by molar-refractivity contribution is 7.74. The Labute approximate surface area is 301 Å². The Morgan fingerprint density at radius 1 is 0.404 bits per heavy atom. The quantitative estimate of drug-likeness (QED) is 0.118. The van der Waals surface area contributed by atoms with Crippen molar-refractivity contribution in [2.75, 3.05) is 0 Å². The standard InChI is InChI=1S/C38H34N3O8P3/c1-30-39-51(46-35-21-11-4-12-22-35,47-36-23-13-5-14-24-36)41-52(48-37-25-15-6-16-26-37,49-38-28-31(42)27-32(43)29-38)40-50(30,44-33-17-7-2-8-18-33)45-34-19-9-3-10-20-34/h2-30,42-43H,1H3. The summed E-state index contributed by atoms with van der Waals surface area (Å²) in [6.45, 7) is 1.80. The van der Waals surface area contributed by atoms with Gasteiger partial charge in [0, 0.05) is 18.2 Å². The smallest absolute Gasteiger partial charge is 0.459 e. The zero-order chi connectivity index (χ0) is 35.9. The lowest BCUT2D eigenvalue weighted by atomic mass is 10.3. The number of phenols is 2. The van der Waals surface area contributed by atoms with Gasteiger partial charge < -0.3 is 37.4 Å². The fourth-order valence-corrected chi connectivity index (χ4v) is 14.1. The molecule has 1 heterocycles. The van der Waals surface area contributed by atoms with Crippen molar-refractivity contribution in [2.45, 2.75) is 12.7 Å². The van der Waals surface area contributed by atoms with Gasteiger partial charge in [-0.25, -0.2) is 0 Å². The van der Waals surface area contributed by atoms with Gasteiger partial charge in [-0.15, -0.1) is 4.52 Å². The summed E-state index contributed by atoms with van der Waals surface area (Å²) in [5, 5.41) is 21.1. The molecule has 0 aromatic heterocycles. The van der Waals surface area contributed by atoms with Gasteiger partial charge in [-0.05, 0) is 67.6 Å². The summed E-state index contributed by atoms with van der Waals surface area (Å²) in [5.41, 5.74) is 0. The van der Waals surface area contributed by atoms with Crippen molar-refractivity contribution < 1.29 is 37.4 Å². The van der Waals surface area contributed by atoms with E-state index in [9.17, 15) is 10.2 Å². The molecule has 6 aromatic carbocycles. The van der Waals surface area contributed by atoms with Gasteiger partial charge in [0.05, 0.1) is 0 Å². The number of phenolic OH excluding ortho intramolecular Hbond substituents is 2. The first-order chi connectivity index (χ1) is 25.3. The second-order valence-electron chi connectivity index (χ2n) is 11.3. The van der Waals surface area contributed by atoms with Crippen molar-refractivity contribution in [3.8, 4) is 46.0 Å². The maximum absolute atomic E-state index is 10.5. The Balaban J connectivity index is 1.58. The zero-order valence-corrected chi connectivity index (χ0v) is 30.5. The van der Waals surface area contributed by atoms with Gasteiger partial charge in [-0.2, -0.15) is 4.74 Å². The monoisotopic (exact) mass is 753 g/mol. The summed E-state index contributed by atoms with van der Waals surface area (Å²) in [4.78, 5) is 0. The third kappa shape index (κ3) is 8.47. The fourth-order valence-electron chi connectivity index (χ4n) is 4.97. The van der Waals surface area contributed by atoms with Crippen molar-refractivity contribution in [3.05, 3.63) is 170 Å². The van der Waals surface area contributed by atoms with Gasteiger partial charge in [0.2, 0.25) is 0 Å². The SMILES string of the molecule is CC1N=P(Oc2ccccc2)(Oc2ccccc2)N=P(Oc2ccccc2)(Oc2cc(O)cc(O)c2)N=P1(Oc1ccccc1)Oc1ccccc1. The molecular formula is C38H34N3O8P3. The molecule has 2 unspecified atom stereocenters. The topological polar surface area (TPSA) is 133 Å². The van der Waals surface area contributed by atoms with E-state index >= 15 is 0 Å². The minimum absolute atomic E-state index is 0.00105. The number of hydrogen-bond acceptors (Lipinski definition) is 11. The highest BCUT2D eigenvalue weighted by Gasteiger charge is 2.48. The van der Waals surface area contributed by atoms with Gasteiger partial charge in [-0.1, -0.05) is 95.5 Å². The normalized spacial score (nSPS) is 18.5. The lowest BCUT2D eigenvalue weighted by Crippen LogP contribution is -2.13. The van der Waals surface area contributed by atoms with Gasteiger partial charge in [0.25, 0.3) is 0 Å². The summed E-state index contributed by atoms with van der Waals surface area (Å²) < 4.78 is 56.4. The molecule has 14 heteroatoms. The molecule has 6 aromatic rings. The summed E-state index contributed by atoms with van der Waals surface area (Å²) in [6, 6.07) is 49.0. The van der Waals surface area contributed by atoms with Gasteiger partial charge >= 0.3 is 22.8 Å². The van der Waals surface area contributed by atoms with Crippen LogP contribution in [0.2, 0.25) is 0 Å². The van der Waals surface area contributed by atoms with Gasteiger partial charge in [0.1, 0.15) is 46.0 Å². The molecule has 1 aliphatic rings. The fraction of sp³-hybridized carbons (Fsp3) is 0.0526. The third-order valence-electron chi connectivity index (χ3n) is 7.21. The van der Waals surface area contributed by atoms with E-state index in [1.807, 2.05) is 78.9 Å². The van der Waals surface area contributed by atoms with Crippen LogP contribution in [0.3, 0.4) is 0 Å². The van der Waals surface area contributed by atoms with E-state index in [2.05, 4.69) is 0 Å². The summed E-state index contributed by atoms with van der Waals surface area (Å²) >= 11 is 0. The van der Waals surface area contributed by atoms with Gasteiger partial charge in [-0.3, -0.25) is 0 Å². The number of benzene rings is 6. The van der Waals surface area contributed by atoms with Crippen molar-refractivity contribution in [3.63, 3.8) is 0 Å². The molecule has 0 saturated heterocycles. The van der Waals surface area contributed by atoms with E-state index in [1.54, 1.807) is 79.7 Å². The van der Waals surface area contributed by atoms with Crippen LogP contribution in [0.25, 0.3) is 0 Å². The van der Waals surface area contributed by atoms with Crippen LogP contribution in [0.15, 0.2) is 184 Å². The lowest BCUT2D eigenvalue weighted by Gasteiger charge is -2.29. The molecule has 264 valence electrons. The van der Waals surface area contributed by atoms with Crippen LogP contribution in [0, 0.1) is 0 Å². The highest BCUT2D eigenvalue weighted by Crippen LogP contribution is 2.75. The van der Waals surface area contributed by atoms with E-state index in [1.165, 1.54) is 18.2 Å². The molecule has 0 amide bonds. The largest absolute Gasteiger partial charge is 0.508 e. The summed E-state index contributed by atoms with van der Waals surface area (Å²) in [7, 11) is -11.9. The zero-order valence-electron chi connectivity index (χ0n) is 27.8. The lowest BCUT2D eigenvalue weighted by molar-refractivity contribution is 0.435. The Morgan fingerprint density at radius 3 is 1.12 bits per heavy atom. The van der Waals surface area contributed by atoms with Crippen molar-refractivity contribution in [1.82, 2.24) is 0 Å². The van der Waals surface area contributed by atoms with Gasteiger partial charge in [0.15, 0.2) is 5.78 Å². The van der Waals surface area contributed by atoms with Crippen LogP contribution in [0.5, 0.6) is 46.0 Å². The Bertz CT molecular complexity index is 2170. The number of hydrogen-bond donors (Lipinski definition) is 2. The van der Waals surface area contributed by atoms with Crippen LogP contribution < -0.4 is 27.1 Å². The molecule has 0 spiro atoms. The van der Waals surface area contributed by atoms with Crippen molar-refractivity contribution in [2.24, 2.45) is 13.8 Å². The molecule has 0 saturated carbocycles. The van der Waals surface area contributed by atoms with Crippen molar-refractivity contribution >= 4 is 22.8 Å². The molecule has 52 heavy (non-hydrogen) atoms. The first-order valence-electron chi connectivity index (χ1n) is 16.1. The summed E-state index contributed by atoms with van der Waals surface area (Å²) in [6.07, 6.45) is 0. The second-order valence-corrected chi connectivity index (χ2v) is 17.9. The van der Waals surface area contributed by atoms with Crippen LogP contribution in [-0.4, -0.2) is 16.0 Å². The Hall–Kier alpha value is -5.59.